The van der Waals surface area contributed by atoms with Gasteiger partial charge in [-0.15, -0.1) is 0 Å². The lowest BCUT2D eigenvalue weighted by molar-refractivity contribution is -0.166. The smallest absolute Gasteiger partial charge is 0.312 e. The van der Waals surface area contributed by atoms with Crippen molar-refractivity contribution in [2.75, 3.05) is 27.4 Å². The summed E-state index contributed by atoms with van der Waals surface area (Å²) in [6.45, 7) is 0.615. The van der Waals surface area contributed by atoms with Crippen LogP contribution < -0.4 is 0 Å². The van der Waals surface area contributed by atoms with Crippen LogP contribution in [-0.4, -0.2) is 61.6 Å². The van der Waals surface area contributed by atoms with Crippen molar-refractivity contribution in [1.82, 2.24) is 0 Å². The van der Waals surface area contributed by atoms with E-state index in [1.807, 2.05) is 0 Å². The van der Waals surface area contributed by atoms with Gasteiger partial charge >= 0.3 is 17.9 Å². The van der Waals surface area contributed by atoms with Crippen molar-refractivity contribution in [2.24, 2.45) is 11.8 Å². The van der Waals surface area contributed by atoms with Crippen LogP contribution in [0, 0.1) is 11.8 Å². The Morgan fingerprint density at radius 2 is 1.59 bits per heavy atom. The van der Waals surface area contributed by atoms with Crippen molar-refractivity contribution in [3.05, 3.63) is 0 Å². The van der Waals surface area contributed by atoms with Gasteiger partial charge in [0.15, 0.2) is 0 Å². The van der Waals surface area contributed by atoms with Gasteiger partial charge in [-0.3, -0.25) is 14.4 Å². The topological polar surface area (TPSA) is 108 Å². The molecule has 2 aliphatic heterocycles. The number of hydrogen-bond donors (Lipinski definition) is 1. The molecule has 8 nitrogen and oxygen atoms in total. The first-order valence-corrected chi connectivity index (χ1v) is 6.96. The molecule has 0 aromatic carbocycles. The summed E-state index contributed by atoms with van der Waals surface area (Å²) in [6.07, 6.45) is 0.728. The first-order chi connectivity index (χ1) is 10.4. The summed E-state index contributed by atoms with van der Waals surface area (Å²) in [4.78, 5) is 35.5. The lowest BCUT2D eigenvalue weighted by atomic mass is 9.66. The predicted molar refractivity (Wildman–Crippen MR) is 70.5 cm³/mol. The number of methoxy groups -OCH3 is 2. The average Bonchev–Trinajstić information content (AvgIpc) is 3.03. The molecule has 22 heavy (non-hydrogen) atoms. The molecule has 0 unspecified atom stereocenters. The molecule has 0 radical (unpaired) electrons. The minimum absolute atomic E-state index is 0.183. The standard InChI is InChI=1S/C14H20O8/c1-8(16)21-7-14-5-4-13(6-15,22-14)9(11(17)19-2)10(14)12(18)20-3/h9-10,15H,4-7H2,1-3H3/t9-,10+,13-,14+/m0/s1. The maximum absolute atomic E-state index is 12.2. The molecule has 2 fully saturated rings. The van der Waals surface area contributed by atoms with E-state index in [0.717, 1.165) is 0 Å². The molecule has 0 aliphatic carbocycles. The van der Waals surface area contributed by atoms with Crippen LogP contribution in [-0.2, 0) is 33.3 Å². The lowest BCUT2D eigenvalue weighted by Gasteiger charge is -2.34. The minimum atomic E-state index is -1.22. The molecule has 4 atom stereocenters. The normalized spacial score (nSPS) is 36.0. The summed E-state index contributed by atoms with van der Waals surface area (Å²) < 4.78 is 20.5. The minimum Gasteiger partial charge on any atom is -0.469 e. The summed E-state index contributed by atoms with van der Waals surface area (Å²) in [6, 6.07) is 0. The largest absolute Gasteiger partial charge is 0.469 e. The molecule has 1 N–H and O–H groups in total. The highest BCUT2D eigenvalue weighted by molar-refractivity contribution is 5.85. The first kappa shape index (κ1) is 16.7. The van der Waals surface area contributed by atoms with E-state index in [2.05, 4.69) is 0 Å². The van der Waals surface area contributed by atoms with Gasteiger partial charge in [-0.2, -0.15) is 0 Å². The van der Waals surface area contributed by atoms with Gasteiger partial charge in [0.1, 0.15) is 29.6 Å². The van der Waals surface area contributed by atoms with Crippen molar-refractivity contribution in [1.29, 1.82) is 0 Å². The van der Waals surface area contributed by atoms with Gasteiger partial charge in [0, 0.05) is 6.92 Å². The molecule has 2 aliphatic rings. The van der Waals surface area contributed by atoms with E-state index in [1.165, 1.54) is 21.1 Å². The summed E-state index contributed by atoms with van der Waals surface area (Å²) in [5.41, 5.74) is -2.40. The molecule has 2 rings (SSSR count). The van der Waals surface area contributed by atoms with Gasteiger partial charge in [0.2, 0.25) is 0 Å². The number of carbonyl (C=O) groups is 3. The molecule has 0 saturated carbocycles. The molecule has 2 bridgehead atoms. The number of ether oxygens (including phenoxy) is 4. The third kappa shape index (κ3) is 2.36. The van der Waals surface area contributed by atoms with Crippen LogP contribution in [0.2, 0.25) is 0 Å². The Hall–Kier alpha value is -1.67. The van der Waals surface area contributed by atoms with E-state index in [-0.39, 0.29) is 6.61 Å². The number of hydrogen-bond acceptors (Lipinski definition) is 8. The van der Waals surface area contributed by atoms with Crippen LogP contribution in [0.3, 0.4) is 0 Å². The van der Waals surface area contributed by atoms with Gasteiger partial charge in [-0.25, -0.2) is 0 Å². The number of fused-ring (bicyclic) bond motifs is 2. The van der Waals surface area contributed by atoms with Crippen molar-refractivity contribution in [3.63, 3.8) is 0 Å². The van der Waals surface area contributed by atoms with Crippen LogP contribution >= 0.6 is 0 Å². The van der Waals surface area contributed by atoms with Gasteiger partial charge < -0.3 is 24.1 Å². The lowest BCUT2D eigenvalue weighted by Crippen LogP contribution is -2.52. The Labute approximate surface area is 127 Å². The maximum Gasteiger partial charge on any atom is 0.312 e. The zero-order valence-electron chi connectivity index (χ0n) is 12.8. The van der Waals surface area contributed by atoms with E-state index in [0.29, 0.717) is 12.8 Å². The average molecular weight is 316 g/mol. The molecule has 0 amide bonds. The van der Waals surface area contributed by atoms with Crippen molar-refractivity contribution in [3.8, 4) is 0 Å². The second-order valence-electron chi connectivity index (χ2n) is 5.67. The summed E-state index contributed by atoms with van der Waals surface area (Å²) in [5, 5.41) is 9.73. The van der Waals surface area contributed by atoms with Crippen molar-refractivity contribution < 1.29 is 38.4 Å². The van der Waals surface area contributed by atoms with E-state index in [1.54, 1.807) is 0 Å². The number of aliphatic hydroxyl groups is 1. The highest BCUT2D eigenvalue weighted by Gasteiger charge is 2.72. The van der Waals surface area contributed by atoms with Crippen molar-refractivity contribution in [2.45, 2.75) is 31.0 Å². The highest BCUT2D eigenvalue weighted by Crippen LogP contribution is 2.58. The third-order valence-corrected chi connectivity index (χ3v) is 4.54. The van der Waals surface area contributed by atoms with Crippen molar-refractivity contribution >= 4 is 17.9 Å². The Morgan fingerprint density at radius 3 is 2.05 bits per heavy atom. The zero-order valence-corrected chi connectivity index (χ0v) is 12.8. The summed E-state index contributed by atoms with van der Waals surface area (Å²) in [5.74, 6) is -3.83. The molecule has 0 spiro atoms. The molecule has 8 heteroatoms. The Kier molecular flexibility index (Phi) is 4.44. The first-order valence-electron chi connectivity index (χ1n) is 6.96. The van der Waals surface area contributed by atoms with Crippen LogP contribution in [0.15, 0.2) is 0 Å². The van der Waals surface area contributed by atoms with Crippen LogP contribution in [0.25, 0.3) is 0 Å². The molecular weight excluding hydrogens is 296 g/mol. The third-order valence-electron chi connectivity index (χ3n) is 4.54. The maximum atomic E-state index is 12.2. The number of esters is 3. The van der Waals surface area contributed by atoms with Gasteiger partial charge in [-0.05, 0) is 12.8 Å². The fourth-order valence-corrected chi connectivity index (χ4v) is 3.56. The van der Waals surface area contributed by atoms with Gasteiger partial charge in [-0.1, -0.05) is 0 Å². The Balaban J connectivity index is 2.42. The molecule has 124 valence electrons. The Bertz CT molecular complexity index is 489. The zero-order chi connectivity index (χ0) is 16.5. The van der Waals surface area contributed by atoms with E-state index < -0.39 is 47.6 Å². The van der Waals surface area contributed by atoms with Crippen LogP contribution in [0.5, 0.6) is 0 Å². The van der Waals surface area contributed by atoms with E-state index in [4.69, 9.17) is 18.9 Å². The molecule has 2 saturated heterocycles. The fourth-order valence-electron chi connectivity index (χ4n) is 3.56. The number of aliphatic hydroxyl groups excluding tert-OH is 1. The van der Waals surface area contributed by atoms with Gasteiger partial charge in [0.25, 0.3) is 0 Å². The summed E-state index contributed by atoms with van der Waals surface area (Å²) >= 11 is 0. The highest BCUT2D eigenvalue weighted by atomic mass is 16.6. The Morgan fingerprint density at radius 1 is 1.09 bits per heavy atom. The van der Waals surface area contributed by atoms with E-state index in [9.17, 15) is 19.5 Å². The molecule has 0 aromatic heterocycles. The monoisotopic (exact) mass is 316 g/mol. The SMILES string of the molecule is COC(=O)[C@@H]1[C@H](C(=O)OC)[C@]2(COC(C)=O)CC[C@@]1(CO)O2. The number of carbonyl (C=O) groups excluding carboxylic acids is 3. The fraction of sp³-hybridized carbons (Fsp3) is 0.786. The van der Waals surface area contributed by atoms with E-state index >= 15 is 0 Å². The quantitative estimate of drug-likeness (QED) is 0.530. The molecule has 0 aromatic rings. The molecular formula is C14H20O8. The van der Waals surface area contributed by atoms with Crippen LogP contribution in [0.1, 0.15) is 19.8 Å². The second kappa shape index (κ2) is 5.85. The second-order valence-corrected chi connectivity index (χ2v) is 5.67. The predicted octanol–water partition coefficient (Wildman–Crippen LogP) is -0.578. The van der Waals surface area contributed by atoms with Gasteiger partial charge in [0.05, 0.1) is 20.8 Å². The number of rotatable bonds is 5. The summed E-state index contributed by atoms with van der Waals surface area (Å²) in [7, 11) is 2.40. The van der Waals surface area contributed by atoms with Crippen LogP contribution in [0.4, 0.5) is 0 Å². The molecule has 2 heterocycles.